The number of fused-ring (bicyclic) bond motifs is 1. The normalized spacial score (nSPS) is 12.1. The van der Waals surface area contributed by atoms with Gasteiger partial charge in [-0.2, -0.15) is 8.78 Å². The molecule has 0 aliphatic heterocycles. The second-order valence-corrected chi connectivity index (χ2v) is 8.92. The predicted octanol–water partition coefficient (Wildman–Crippen LogP) is 4.59. The number of likely N-dealkylation sites (N-methyl/N-ethyl adjacent to an activating group) is 1. The molecule has 1 unspecified atom stereocenters. The molecule has 0 saturated carbocycles. The SMILES string of the molecule is CN(C)CC(Nc1ncnc2c(C(N)=O)cccc12)c1cccc(N(C(=O)c2ccc(F)cc2F)C(F)F)c1. The lowest BCUT2D eigenvalue weighted by atomic mass is 10.0. The number of halogens is 4. The maximum absolute atomic E-state index is 14.3. The van der Waals surface area contributed by atoms with Crippen LogP contribution < -0.4 is 16.0 Å². The van der Waals surface area contributed by atoms with E-state index in [2.05, 4.69) is 15.3 Å². The van der Waals surface area contributed by atoms with E-state index in [9.17, 15) is 27.2 Å². The smallest absolute Gasteiger partial charge is 0.321 e. The lowest BCUT2D eigenvalue weighted by molar-refractivity contribution is 0.0834. The summed E-state index contributed by atoms with van der Waals surface area (Å²) in [4.78, 5) is 35.2. The van der Waals surface area contributed by atoms with Crippen molar-refractivity contribution >= 4 is 34.2 Å². The van der Waals surface area contributed by atoms with Crippen LogP contribution in [0, 0.1) is 11.6 Å². The maximum atomic E-state index is 14.3. The third-order valence-electron chi connectivity index (χ3n) is 5.92. The van der Waals surface area contributed by atoms with Crippen molar-refractivity contribution in [3.8, 4) is 0 Å². The van der Waals surface area contributed by atoms with Crippen LogP contribution in [-0.2, 0) is 0 Å². The second kappa shape index (κ2) is 11.4. The molecular formula is C27H24F4N6O2. The summed E-state index contributed by atoms with van der Waals surface area (Å²) in [5.41, 5.74) is 5.66. The Balaban J connectivity index is 1.74. The number of alkyl halides is 2. The number of amides is 2. The topological polar surface area (TPSA) is 104 Å². The van der Waals surface area contributed by atoms with Gasteiger partial charge in [0.25, 0.3) is 11.8 Å². The summed E-state index contributed by atoms with van der Waals surface area (Å²) in [6.07, 6.45) is 1.27. The fraction of sp³-hybridized carbons (Fsp3) is 0.185. The van der Waals surface area contributed by atoms with Gasteiger partial charge in [0.15, 0.2) is 0 Å². The molecule has 4 aromatic rings. The van der Waals surface area contributed by atoms with Crippen molar-refractivity contribution in [3.05, 3.63) is 95.3 Å². The van der Waals surface area contributed by atoms with Crippen molar-refractivity contribution in [2.45, 2.75) is 12.6 Å². The number of hydrogen-bond donors (Lipinski definition) is 2. The Bertz CT molecular complexity index is 1530. The molecule has 12 heteroatoms. The molecule has 8 nitrogen and oxygen atoms in total. The molecule has 202 valence electrons. The summed E-state index contributed by atoms with van der Waals surface area (Å²) in [7, 11) is 3.63. The van der Waals surface area contributed by atoms with Crippen LogP contribution in [0.25, 0.3) is 10.9 Å². The van der Waals surface area contributed by atoms with Crippen LogP contribution in [-0.4, -0.2) is 53.9 Å². The Morgan fingerprint density at radius 2 is 1.72 bits per heavy atom. The zero-order valence-electron chi connectivity index (χ0n) is 20.9. The average Bonchev–Trinajstić information content (AvgIpc) is 2.87. The molecule has 0 fully saturated rings. The van der Waals surface area contributed by atoms with Gasteiger partial charge in [-0.05, 0) is 56.1 Å². The van der Waals surface area contributed by atoms with Crippen LogP contribution in [0.2, 0.25) is 0 Å². The molecule has 1 atom stereocenters. The van der Waals surface area contributed by atoms with E-state index >= 15 is 0 Å². The third-order valence-corrected chi connectivity index (χ3v) is 5.92. The highest BCUT2D eigenvalue weighted by molar-refractivity contribution is 6.07. The quantitative estimate of drug-likeness (QED) is 0.238. The van der Waals surface area contributed by atoms with Gasteiger partial charge in [-0.3, -0.25) is 14.5 Å². The van der Waals surface area contributed by atoms with Crippen molar-refractivity contribution in [3.63, 3.8) is 0 Å². The zero-order chi connectivity index (χ0) is 28.3. The Morgan fingerprint density at radius 1 is 0.974 bits per heavy atom. The van der Waals surface area contributed by atoms with Crippen LogP contribution >= 0.6 is 0 Å². The Hall–Kier alpha value is -4.58. The van der Waals surface area contributed by atoms with Crippen LogP contribution in [0.4, 0.5) is 29.1 Å². The molecule has 4 rings (SSSR count). The first-order valence-electron chi connectivity index (χ1n) is 11.7. The lowest BCUT2D eigenvalue weighted by Gasteiger charge is -2.26. The van der Waals surface area contributed by atoms with E-state index in [0.29, 0.717) is 34.9 Å². The van der Waals surface area contributed by atoms with E-state index < -0.39 is 41.6 Å². The summed E-state index contributed by atoms with van der Waals surface area (Å²) in [5, 5.41) is 3.79. The summed E-state index contributed by atoms with van der Waals surface area (Å²) >= 11 is 0. The number of carbonyl (C=O) groups excluding carboxylic acids is 2. The molecule has 0 saturated heterocycles. The van der Waals surface area contributed by atoms with Crippen molar-refractivity contribution in [2.75, 3.05) is 30.9 Å². The van der Waals surface area contributed by atoms with Gasteiger partial charge in [0.2, 0.25) is 0 Å². The van der Waals surface area contributed by atoms with Gasteiger partial charge in [-0.25, -0.2) is 18.7 Å². The van der Waals surface area contributed by atoms with E-state index in [1.54, 1.807) is 24.3 Å². The fourth-order valence-corrected chi connectivity index (χ4v) is 4.17. The van der Waals surface area contributed by atoms with Crippen molar-refractivity contribution in [1.82, 2.24) is 14.9 Å². The molecule has 2 amide bonds. The van der Waals surface area contributed by atoms with Gasteiger partial charge in [0, 0.05) is 23.7 Å². The minimum Gasteiger partial charge on any atom is -0.366 e. The van der Waals surface area contributed by atoms with Gasteiger partial charge in [0.1, 0.15) is 23.8 Å². The molecule has 0 radical (unpaired) electrons. The molecule has 0 aliphatic rings. The Morgan fingerprint density at radius 3 is 2.38 bits per heavy atom. The molecule has 3 N–H and O–H groups in total. The number of benzene rings is 3. The molecule has 39 heavy (non-hydrogen) atoms. The number of nitrogens with two attached hydrogens (primary N) is 1. The van der Waals surface area contributed by atoms with Crippen LogP contribution in [0.3, 0.4) is 0 Å². The van der Waals surface area contributed by atoms with Gasteiger partial charge in [-0.15, -0.1) is 0 Å². The number of hydrogen-bond acceptors (Lipinski definition) is 6. The third kappa shape index (κ3) is 5.96. The van der Waals surface area contributed by atoms with E-state index in [-0.39, 0.29) is 16.2 Å². The van der Waals surface area contributed by atoms with Gasteiger partial charge in [-0.1, -0.05) is 18.2 Å². The maximum Gasteiger partial charge on any atom is 0.321 e. The van der Waals surface area contributed by atoms with Gasteiger partial charge >= 0.3 is 6.55 Å². The van der Waals surface area contributed by atoms with Crippen molar-refractivity contribution < 1.29 is 27.2 Å². The minimum absolute atomic E-state index is 0.145. The first kappa shape index (κ1) is 27.5. The zero-order valence-corrected chi connectivity index (χ0v) is 20.9. The van der Waals surface area contributed by atoms with Crippen molar-refractivity contribution in [1.29, 1.82) is 0 Å². The molecule has 0 spiro atoms. The standard InChI is InChI=1S/C27H24F4N6O2/c1-36(2)13-22(35-25-20-8-4-7-19(24(32)38)23(20)33-14-34-25)15-5-3-6-17(11-15)37(27(30)31)26(39)18-10-9-16(28)12-21(18)29/h3-12,14,22,27H,13H2,1-2H3,(H2,32,38)(H,33,34,35). The van der Waals surface area contributed by atoms with E-state index in [4.69, 9.17) is 5.73 Å². The van der Waals surface area contributed by atoms with Crippen LogP contribution in [0.5, 0.6) is 0 Å². The second-order valence-electron chi connectivity index (χ2n) is 8.92. The number of para-hydroxylation sites is 1. The fourth-order valence-electron chi connectivity index (χ4n) is 4.17. The predicted molar refractivity (Wildman–Crippen MR) is 139 cm³/mol. The molecule has 1 heterocycles. The largest absolute Gasteiger partial charge is 0.366 e. The summed E-state index contributed by atoms with van der Waals surface area (Å²) in [5.74, 6) is -3.79. The summed E-state index contributed by atoms with van der Waals surface area (Å²) in [6, 6.07) is 12.3. The molecular weight excluding hydrogens is 516 g/mol. The summed E-state index contributed by atoms with van der Waals surface area (Å²) in [6.45, 7) is -2.94. The highest BCUT2D eigenvalue weighted by atomic mass is 19.3. The molecule has 1 aromatic heterocycles. The first-order chi connectivity index (χ1) is 18.6. The molecule has 0 aliphatic carbocycles. The van der Waals surface area contributed by atoms with Gasteiger partial charge in [0.05, 0.1) is 22.7 Å². The summed E-state index contributed by atoms with van der Waals surface area (Å²) < 4.78 is 55.8. The number of anilines is 2. The monoisotopic (exact) mass is 540 g/mol. The number of nitrogens with one attached hydrogen (secondary N) is 1. The Labute approximate surface area is 221 Å². The lowest BCUT2D eigenvalue weighted by Crippen LogP contribution is -2.36. The van der Waals surface area contributed by atoms with Crippen LogP contribution in [0.15, 0.2) is 67.0 Å². The average molecular weight is 541 g/mol. The van der Waals surface area contributed by atoms with Crippen LogP contribution in [0.1, 0.15) is 32.3 Å². The number of carbonyl (C=O) groups is 2. The highest BCUT2D eigenvalue weighted by Crippen LogP contribution is 2.30. The Kier molecular flexibility index (Phi) is 8.05. The first-order valence-corrected chi connectivity index (χ1v) is 11.7. The van der Waals surface area contributed by atoms with E-state index in [1.807, 2.05) is 19.0 Å². The minimum atomic E-state index is -3.31. The van der Waals surface area contributed by atoms with Gasteiger partial charge < -0.3 is 16.0 Å². The molecule has 0 bridgehead atoms. The highest BCUT2D eigenvalue weighted by Gasteiger charge is 2.29. The number of primary amides is 1. The van der Waals surface area contributed by atoms with E-state index in [1.165, 1.54) is 24.5 Å². The van der Waals surface area contributed by atoms with Crippen molar-refractivity contribution in [2.24, 2.45) is 5.73 Å². The van der Waals surface area contributed by atoms with E-state index in [0.717, 1.165) is 12.1 Å². The molecule has 3 aromatic carbocycles. The number of rotatable bonds is 9. The number of nitrogens with zero attached hydrogens (tertiary/aromatic N) is 4. The number of aromatic nitrogens is 2.